The van der Waals surface area contributed by atoms with Crippen molar-refractivity contribution in [2.24, 2.45) is 5.92 Å². The van der Waals surface area contributed by atoms with Gasteiger partial charge in [-0.2, -0.15) is 0 Å². The van der Waals surface area contributed by atoms with Gasteiger partial charge in [-0.1, -0.05) is 0 Å². The van der Waals surface area contributed by atoms with Gasteiger partial charge in [0.15, 0.2) is 0 Å². The van der Waals surface area contributed by atoms with E-state index in [1.165, 1.54) is 0 Å². The molecule has 1 unspecified atom stereocenters. The molecular weight excluding hydrogens is 303 g/mol. The van der Waals surface area contributed by atoms with Crippen LogP contribution in [-0.4, -0.2) is 32.6 Å². The molecule has 0 heterocycles. The number of aliphatic carboxylic acids is 2. The van der Waals surface area contributed by atoms with Crippen LogP contribution in [0, 0.1) is 5.92 Å². The Morgan fingerprint density at radius 2 is 1.69 bits per heavy atom. The summed E-state index contributed by atoms with van der Waals surface area (Å²) < 4.78 is 0. The van der Waals surface area contributed by atoms with Crippen molar-refractivity contribution >= 4 is 52.4 Å². The van der Waals surface area contributed by atoms with Crippen LogP contribution in [0.3, 0.4) is 0 Å². The van der Waals surface area contributed by atoms with Crippen LogP contribution in [0.2, 0.25) is 5.25 Å². The zero-order valence-electron chi connectivity index (χ0n) is 6.34. The van der Waals surface area contributed by atoms with Gasteiger partial charge in [0.05, 0.1) is 0 Å². The molecule has 76 valence electrons. The maximum atomic E-state index is 10.5. The van der Waals surface area contributed by atoms with Gasteiger partial charge < -0.3 is 0 Å². The van der Waals surface area contributed by atoms with E-state index in [4.69, 9.17) is 40.2 Å². The first-order valence-corrected chi connectivity index (χ1v) is 13.0. The van der Waals surface area contributed by atoms with Crippen molar-refractivity contribution < 1.29 is 19.8 Å². The van der Waals surface area contributed by atoms with Crippen LogP contribution in [0.5, 0.6) is 0 Å². The van der Waals surface area contributed by atoms with Crippen LogP contribution in [0.15, 0.2) is 0 Å². The van der Waals surface area contributed by atoms with Crippen LogP contribution in [-0.2, 0) is 9.59 Å². The minimum absolute atomic E-state index is 0.133. The molecule has 13 heavy (non-hydrogen) atoms. The molecule has 0 aromatic rings. The summed E-state index contributed by atoms with van der Waals surface area (Å²) in [7, 11) is 13.0. The van der Waals surface area contributed by atoms with Gasteiger partial charge in [0.25, 0.3) is 0 Å². The molecule has 0 bridgehead atoms. The normalized spacial score (nSPS) is 13.8. The van der Waals surface area contributed by atoms with Crippen LogP contribution >= 0.6 is 30.0 Å². The third-order valence-electron chi connectivity index (χ3n) is 1.25. The predicted molar refractivity (Wildman–Crippen MR) is 51.5 cm³/mol. The maximum absolute atomic E-state index is 10.5. The molecule has 0 fully saturated rings. The average molecular weight is 310 g/mol. The number of carboxylic acid groups (broad SMARTS) is 2. The molecule has 4 nitrogen and oxygen atoms in total. The monoisotopic (exact) mass is 310 g/mol. The number of rotatable bonds is 5. The molecule has 0 aliphatic rings. The van der Waals surface area contributed by atoms with Crippen LogP contribution < -0.4 is 0 Å². The summed E-state index contributed by atoms with van der Waals surface area (Å²) in [5, 5.41) is 16.8. The van der Waals surface area contributed by atoms with Gasteiger partial charge >= 0.3 is 89.8 Å². The minimum atomic E-state index is -3.55. The van der Waals surface area contributed by atoms with Gasteiger partial charge in [-0.05, 0) is 0 Å². The van der Waals surface area contributed by atoms with Crippen molar-refractivity contribution in [2.75, 3.05) is 0 Å². The first-order chi connectivity index (χ1) is 5.72. The second-order valence-electron chi connectivity index (χ2n) is 2.45. The third-order valence-corrected chi connectivity index (χ3v) is 5.66. The molecule has 0 saturated heterocycles. The van der Waals surface area contributed by atoms with E-state index in [2.05, 4.69) is 0 Å². The number of hydrogen-bond donors (Lipinski definition) is 2. The van der Waals surface area contributed by atoms with E-state index in [1.807, 2.05) is 0 Å². The van der Waals surface area contributed by atoms with Gasteiger partial charge in [-0.3, -0.25) is 0 Å². The summed E-state index contributed by atoms with van der Waals surface area (Å²) in [5.41, 5.74) is 0. The Balaban J connectivity index is 4.27. The van der Waals surface area contributed by atoms with Crippen LogP contribution in [0.4, 0.5) is 0 Å². The Hall–Kier alpha value is 0.353. The molecule has 0 amide bonds. The molecule has 0 radical (unpaired) electrons. The molecular formula is C5H7Cl3GeO4. The Bertz CT molecular complexity index is 214. The van der Waals surface area contributed by atoms with Crippen molar-refractivity contribution in [3.63, 3.8) is 0 Å². The molecule has 1 atom stereocenters. The summed E-state index contributed by atoms with van der Waals surface area (Å²) in [6.07, 6.45) is -0.505. The van der Waals surface area contributed by atoms with Crippen molar-refractivity contribution in [1.29, 1.82) is 0 Å². The van der Waals surface area contributed by atoms with E-state index < -0.39 is 34.8 Å². The summed E-state index contributed by atoms with van der Waals surface area (Å²) >= 11 is 0. The number of carboxylic acids is 2. The standard InChI is InChI=1S/C5H7Cl3GeO4/c6-9(7,8)2-3(5(12)13)1-4(10)11/h3H,1-2H2,(H,10,11)(H,12,13). The topological polar surface area (TPSA) is 74.6 Å². The van der Waals surface area contributed by atoms with E-state index in [0.29, 0.717) is 0 Å². The summed E-state index contributed by atoms with van der Waals surface area (Å²) in [6.45, 7) is 0. The molecule has 0 saturated carbocycles. The Morgan fingerprint density at radius 1 is 1.23 bits per heavy atom. The molecule has 2 N–H and O–H groups in total. The first kappa shape index (κ1) is 13.4. The molecule has 0 spiro atoms. The predicted octanol–water partition coefficient (Wildman–Crippen LogP) is 1.82. The van der Waals surface area contributed by atoms with Gasteiger partial charge in [0.2, 0.25) is 0 Å². The fourth-order valence-electron chi connectivity index (χ4n) is 0.737. The van der Waals surface area contributed by atoms with E-state index in [9.17, 15) is 9.59 Å². The van der Waals surface area contributed by atoms with Crippen LogP contribution in [0.1, 0.15) is 6.42 Å². The molecule has 0 aromatic carbocycles. The fourth-order valence-corrected chi connectivity index (χ4v) is 5.48. The molecule has 0 rings (SSSR count). The summed E-state index contributed by atoms with van der Waals surface area (Å²) in [4.78, 5) is 20.7. The number of hydrogen-bond acceptors (Lipinski definition) is 2. The Morgan fingerprint density at radius 3 is 1.92 bits per heavy atom. The first-order valence-electron chi connectivity index (χ1n) is 3.23. The Kier molecular flexibility index (Phi) is 5.43. The van der Waals surface area contributed by atoms with Gasteiger partial charge in [-0.15, -0.1) is 0 Å². The molecule has 0 aromatic heterocycles. The second-order valence-corrected chi connectivity index (χ2v) is 19.0. The second kappa shape index (κ2) is 5.29. The SMILES string of the molecule is O=C(O)CC([CH2][Ge]([Cl])([Cl])[Cl])C(=O)O. The fraction of sp³-hybridized carbons (Fsp3) is 0.600. The van der Waals surface area contributed by atoms with E-state index in [-0.39, 0.29) is 5.25 Å². The van der Waals surface area contributed by atoms with Crippen LogP contribution in [0.25, 0.3) is 0 Å². The number of carbonyl (C=O) groups is 2. The van der Waals surface area contributed by atoms with Crippen molar-refractivity contribution in [1.82, 2.24) is 0 Å². The van der Waals surface area contributed by atoms with Gasteiger partial charge in [0.1, 0.15) is 0 Å². The number of halogens is 3. The molecule has 0 aliphatic carbocycles. The third kappa shape index (κ3) is 7.43. The summed E-state index contributed by atoms with van der Waals surface area (Å²) in [5.74, 6) is -3.53. The van der Waals surface area contributed by atoms with Crippen molar-refractivity contribution in [3.05, 3.63) is 0 Å². The van der Waals surface area contributed by atoms with Gasteiger partial charge in [0, 0.05) is 0 Å². The quantitative estimate of drug-likeness (QED) is 0.760. The van der Waals surface area contributed by atoms with Crippen molar-refractivity contribution in [3.8, 4) is 0 Å². The molecule has 0 aliphatic heterocycles. The van der Waals surface area contributed by atoms with E-state index in [1.54, 1.807) is 0 Å². The van der Waals surface area contributed by atoms with Gasteiger partial charge in [-0.25, -0.2) is 0 Å². The van der Waals surface area contributed by atoms with E-state index >= 15 is 0 Å². The Labute approximate surface area is 89.7 Å². The zero-order valence-corrected chi connectivity index (χ0v) is 10.7. The van der Waals surface area contributed by atoms with E-state index in [0.717, 1.165) is 0 Å². The molecule has 8 heteroatoms. The average Bonchev–Trinajstić information content (AvgIpc) is 1.81. The van der Waals surface area contributed by atoms with Crippen molar-refractivity contribution in [2.45, 2.75) is 11.7 Å². The summed E-state index contributed by atoms with van der Waals surface area (Å²) in [6, 6.07) is 0. The zero-order chi connectivity index (χ0) is 10.6.